The molecule has 0 aliphatic heterocycles. The van der Waals surface area contributed by atoms with Crippen LogP contribution in [-0.2, 0) is 0 Å². The molecule has 1 nitrogen and oxygen atoms in total. The molecule has 0 amide bonds. The summed E-state index contributed by atoms with van der Waals surface area (Å²) in [5, 5.41) is 9.88. The first-order valence-corrected chi connectivity index (χ1v) is 8.69. The van der Waals surface area contributed by atoms with Crippen molar-refractivity contribution >= 4 is 0 Å². The molecular weight excluding hydrogens is 441 g/mol. The average Bonchev–Trinajstić information content (AvgIpc) is 2.65. The zero-order valence-electron chi connectivity index (χ0n) is 15.5. The Morgan fingerprint density at radius 2 is 1.00 bits per heavy atom. The van der Waals surface area contributed by atoms with E-state index in [1.807, 2.05) is 6.92 Å². The van der Waals surface area contributed by atoms with Gasteiger partial charge in [0.05, 0.1) is 6.10 Å². The zero-order chi connectivity index (χ0) is 23.6. The van der Waals surface area contributed by atoms with Crippen LogP contribution in [0.4, 0.5) is 48.3 Å². The molecule has 1 saturated carbocycles. The van der Waals surface area contributed by atoms with Gasteiger partial charge in [0.25, 0.3) is 5.67 Å². The molecule has 0 heterocycles. The fraction of sp³-hybridized carbons (Fsp3) is 0.667. The summed E-state index contributed by atoms with van der Waals surface area (Å²) in [5.41, 5.74) is -6.09. The maximum absolute atomic E-state index is 14.7. The van der Waals surface area contributed by atoms with Crippen LogP contribution < -0.4 is 0 Å². The van der Waals surface area contributed by atoms with Gasteiger partial charge in [0, 0.05) is 6.42 Å². The molecule has 0 aromatic heterocycles. The topological polar surface area (TPSA) is 20.2 Å². The van der Waals surface area contributed by atoms with Gasteiger partial charge in [-0.3, -0.25) is 0 Å². The number of hydrogen-bond donors (Lipinski definition) is 1. The summed E-state index contributed by atoms with van der Waals surface area (Å²) in [6.07, 6.45) is -4.74. The fourth-order valence-electron chi connectivity index (χ4n) is 3.21. The molecule has 1 aromatic rings. The predicted octanol–water partition coefficient (Wildman–Crippen LogP) is 6.52. The van der Waals surface area contributed by atoms with Crippen LogP contribution in [0.5, 0.6) is 0 Å². The van der Waals surface area contributed by atoms with Gasteiger partial charge in [-0.2, -0.15) is 43.9 Å². The zero-order valence-corrected chi connectivity index (χ0v) is 15.5. The number of halogens is 11. The highest BCUT2D eigenvalue weighted by atomic mass is 19.4. The highest BCUT2D eigenvalue weighted by Gasteiger charge is 3.00. The summed E-state index contributed by atoms with van der Waals surface area (Å²) in [6, 6.07) is 4.54. The Balaban J connectivity index is 2.52. The third kappa shape index (κ3) is 2.85. The van der Waals surface area contributed by atoms with E-state index in [1.54, 1.807) is 6.92 Å². The van der Waals surface area contributed by atoms with Crippen LogP contribution in [0, 0.1) is 0 Å². The Kier molecular flexibility index (Phi) is 5.73. The highest BCUT2D eigenvalue weighted by molar-refractivity contribution is 5.30. The molecule has 30 heavy (non-hydrogen) atoms. The maximum Gasteiger partial charge on any atom is 0.384 e. The fourth-order valence-corrected chi connectivity index (χ4v) is 3.21. The van der Waals surface area contributed by atoms with Gasteiger partial charge in [-0.15, -0.1) is 0 Å². The van der Waals surface area contributed by atoms with E-state index >= 15 is 0 Å². The van der Waals surface area contributed by atoms with Crippen molar-refractivity contribution in [3.05, 3.63) is 35.4 Å². The molecule has 2 unspecified atom stereocenters. The van der Waals surface area contributed by atoms with E-state index in [0.717, 1.165) is 12.1 Å². The molecule has 12 heteroatoms. The van der Waals surface area contributed by atoms with E-state index in [9.17, 15) is 53.4 Å². The summed E-state index contributed by atoms with van der Waals surface area (Å²) in [4.78, 5) is 0. The molecule has 1 fully saturated rings. The Morgan fingerprint density at radius 1 is 0.667 bits per heavy atom. The molecule has 0 bridgehead atoms. The summed E-state index contributed by atoms with van der Waals surface area (Å²) < 4.78 is 151. The number of aliphatic hydroxyl groups excluding tert-OH is 1. The lowest BCUT2D eigenvalue weighted by atomic mass is 9.69. The van der Waals surface area contributed by atoms with Gasteiger partial charge in [-0.1, -0.05) is 38.1 Å². The molecule has 0 spiro atoms. The van der Waals surface area contributed by atoms with Gasteiger partial charge in [0.15, 0.2) is 0 Å². The number of aliphatic hydroxyl groups is 1. The van der Waals surface area contributed by atoms with Crippen LogP contribution in [0.1, 0.15) is 49.8 Å². The summed E-state index contributed by atoms with van der Waals surface area (Å²) in [6.45, 7) is 3.58. The molecule has 1 aliphatic carbocycles. The maximum atomic E-state index is 14.7. The van der Waals surface area contributed by atoms with Crippen molar-refractivity contribution in [3.8, 4) is 0 Å². The molecule has 2 atom stereocenters. The molecule has 1 aromatic carbocycles. The predicted molar refractivity (Wildman–Crippen MR) is 83.3 cm³/mol. The minimum Gasteiger partial charge on any atom is -0.388 e. The second-order valence-corrected chi connectivity index (χ2v) is 7.37. The molecule has 1 N–H and O–H groups in total. The van der Waals surface area contributed by atoms with Crippen molar-refractivity contribution in [3.63, 3.8) is 0 Å². The number of alkyl halides is 11. The summed E-state index contributed by atoms with van der Waals surface area (Å²) in [5.74, 6) is -35.5. The lowest BCUT2D eigenvalue weighted by Crippen LogP contribution is -2.83. The molecule has 172 valence electrons. The number of benzene rings is 1. The van der Waals surface area contributed by atoms with Crippen molar-refractivity contribution in [2.24, 2.45) is 0 Å². The lowest BCUT2D eigenvalue weighted by Gasteiger charge is -2.52. The third-order valence-corrected chi connectivity index (χ3v) is 5.55. The normalized spacial score (nSPS) is 27.3. The first-order chi connectivity index (χ1) is 13.3. The molecule has 0 radical (unpaired) electrons. The smallest absolute Gasteiger partial charge is 0.384 e. The van der Waals surface area contributed by atoms with E-state index < -0.39 is 53.4 Å². The largest absolute Gasteiger partial charge is 0.388 e. The van der Waals surface area contributed by atoms with E-state index in [1.165, 1.54) is 12.1 Å². The van der Waals surface area contributed by atoms with Gasteiger partial charge < -0.3 is 5.11 Å². The van der Waals surface area contributed by atoms with E-state index in [0.29, 0.717) is 12.0 Å². The Labute approximate surface area is 163 Å². The first kappa shape index (κ1) is 24.7. The Bertz CT molecular complexity index is 743. The summed E-state index contributed by atoms with van der Waals surface area (Å²) >= 11 is 0. The minimum absolute atomic E-state index is 0.0321. The van der Waals surface area contributed by atoms with E-state index in [2.05, 4.69) is 0 Å². The highest BCUT2D eigenvalue weighted by Crippen LogP contribution is 2.70. The van der Waals surface area contributed by atoms with Gasteiger partial charge in [0.2, 0.25) is 0 Å². The Morgan fingerprint density at radius 3 is 1.37 bits per heavy atom. The number of hydrogen-bond acceptors (Lipinski definition) is 1. The third-order valence-electron chi connectivity index (χ3n) is 5.55. The van der Waals surface area contributed by atoms with Gasteiger partial charge in [-0.25, -0.2) is 4.39 Å². The van der Waals surface area contributed by atoms with Crippen LogP contribution in [0.25, 0.3) is 0 Å². The van der Waals surface area contributed by atoms with Crippen LogP contribution in [0.2, 0.25) is 0 Å². The first-order valence-electron chi connectivity index (χ1n) is 8.69. The van der Waals surface area contributed by atoms with Crippen LogP contribution in [0.3, 0.4) is 0 Å². The standard InChI is InChI=1S/C18H17F11O/c1-3-9(2)10-4-6-11(7-5-10)12(30)8-13(19)14(20,21)16(24,25)18(28,29)17(26,27)15(13,22)23/h4-7,9,12,30H,3,8H2,1-2H3. The Hall–Kier alpha value is -1.59. The van der Waals surface area contributed by atoms with Gasteiger partial charge >= 0.3 is 29.6 Å². The lowest BCUT2D eigenvalue weighted by molar-refractivity contribution is -0.487. The van der Waals surface area contributed by atoms with E-state index in [4.69, 9.17) is 0 Å². The van der Waals surface area contributed by atoms with Crippen molar-refractivity contribution in [2.45, 2.75) is 74.0 Å². The van der Waals surface area contributed by atoms with Crippen molar-refractivity contribution < 1.29 is 53.4 Å². The second-order valence-electron chi connectivity index (χ2n) is 7.37. The minimum atomic E-state index is -7.26. The quantitative estimate of drug-likeness (QED) is 0.498. The van der Waals surface area contributed by atoms with Crippen LogP contribution >= 0.6 is 0 Å². The molecule has 1 aliphatic rings. The van der Waals surface area contributed by atoms with Gasteiger partial charge in [0.1, 0.15) is 0 Å². The SMILES string of the molecule is CCC(C)c1ccc(C(O)CC2(F)C(F)(F)C(F)(F)C(F)(F)C(F)(F)C2(F)F)cc1. The average molecular weight is 458 g/mol. The molecule has 2 rings (SSSR count). The van der Waals surface area contributed by atoms with Crippen LogP contribution in [-0.4, -0.2) is 40.4 Å². The van der Waals surface area contributed by atoms with Crippen LogP contribution in [0.15, 0.2) is 24.3 Å². The van der Waals surface area contributed by atoms with Crippen molar-refractivity contribution in [1.29, 1.82) is 0 Å². The summed E-state index contributed by atoms with van der Waals surface area (Å²) in [7, 11) is 0. The second kappa shape index (κ2) is 6.96. The van der Waals surface area contributed by atoms with Crippen molar-refractivity contribution in [2.75, 3.05) is 0 Å². The molecular formula is C18H17F11O. The van der Waals surface area contributed by atoms with E-state index in [-0.39, 0.29) is 5.92 Å². The van der Waals surface area contributed by atoms with Gasteiger partial charge in [-0.05, 0) is 23.5 Å². The van der Waals surface area contributed by atoms with Crippen molar-refractivity contribution in [1.82, 2.24) is 0 Å². The number of rotatable bonds is 5. The monoisotopic (exact) mass is 458 g/mol. The molecule has 0 saturated heterocycles.